The second kappa shape index (κ2) is 6.35. The number of hydrogen-bond acceptors (Lipinski definition) is 4. The molecule has 2 amide bonds. The molecule has 0 radical (unpaired) electrons. The zero-order valence-electron chi connectivity index (χ0n) is 10.7. The number of urea groups is 1. The number of aliphatic carboxylic acids is 1. The molecule has 0 fully saturated rings. The highest BCUT2D eigenvalue weighted by Crippen LogP contribution is 2.08. The van der Waals surface area contributed by atoms with Gasteiger partial charge in [-0.3, -0.25) is 4.79 Å². The van der Waals surface area contributed by atoms with E-state index in [9.17, 15) is 18.0 Å². The van der Waals surface area contributed by atoms with E-state index >= 15 is 0 Å². The van der Waals surface area contributed by atoms with E-state index in [1.54, 1.807) is 0 Å². The van der Waals surface area contributed by atoms with Gasteiger partial charge in [-0.25, -0.2) is 18.4 Å². The van der Waals surface area contributed by atoms with Gasteiger partial charge >= 0.3 is 12.0 Å². The molecule has 1 aromatic carbocycles. The van der Waals surface area contributed by atoms with Gasteiger partial charge in [0.25, 0.3) is 0 Å². The van der Waals surface area contributed by atoms with Crippen LogP contribution in [0.2, 0.25) is 0 Å². The molecule has 0 heterocycles. The van der Waals surface area contributed by atoms with E-state index in [4.69, 9.17) is 10.2 Å². The zero-order chi connectivity index (χ0) is 15.3. The molecule has 0 aliphatic heterocycles. The van der Waals surface area contributed by atoms with Crippen molar-refractivity contribution in [2.75, 3.05) is 0 Å². The van der Waals surface area contributed by atoms with Gasteiger partial charge in [-0.1, -0.05) is 12.1 Å². The Labute approximate surface area is 116 Å². The van der Waals surface area contributed by atoms with E-state index in [-0.39, 0.29) is 11.4 Å². The van der Waals surface area contributed by atoms with E-state index in [0.29, 0.717) is 5.56 Å². The minimum Gasteiger partial charge on any atom is -0.480 e. The highest BCUT2D eigenvalue weighted by molar-refractivity contribution is 7.89. The Morgan fingerprint density at radius 1 is 1.30 bits per heavy atom. The summed E-state index contributed by atoms with van der Waals surface area (Å²) >= 11 is 0. The van der Waals surface area contributed by atoms with Crippen LogP contribution < -0.4 is 15.8 Å². The first-order chi connectivity index (χ1) is 9.20. The van der Waals surface area contributed by atoms with E-state index in [2.05, 4.69) is 10.6 Å². The van der Waals surface area contributed by atoms with Crippen molar-refractivity contribution < 1.29 is 23.1 Å². The quantitative estimate of drug-likeness (QED) is 0.586. The highest BCUT2D eigenvalue weighted by atomic mass is 32.2. The molecule has 0 bridgehead atoms. The fourth-order valence-electron chi connectivity index (χ4n) is 1.29. The van der Waals surface area contributed by atoms with Crippen LogP contribution in [0, 0.1) is 0 Å². The molecule has 8 nitrogen and oxygen atoms in total. The number of amides is 2. The predicted molar refractivity (Wildman–Crippen MR) is 70.3 cm³/mol. The number of rotatable bonds is 5. The number of carboxylic acid groups (broad SMARTS) is 1. The van der Waals surface area contributed by atoms with Gasteiger partial charge in [-0.05, 0) is 24.6 Å². The van der Waals surface area contributed by atoms with Gasteiger partial charge in [-0.2, -0.15) is 0 Å². The van der Waals surface area contributed by atoms with Gasteiger partial charge in [0.15, 0.2) is 0 Å². The maximum absolute atomic E-state index is 11.4. The van der Waals surface area contributed by atoms with Crippen LogP contribution in [0.1, 0.15) is 12.5 Å². The van der Waals surface area contributed by atoms with Crippen molar-refractivity contribution in [2.45, 2.75) is 24.4 Å². The van der Waals surface area contributed by atoms with Gasteiger partial charge in [0.2, 0.25) is 10.0 Å². The summed E-state index contributed by atoms with van der Waals surface area (Å²) in [6.07, 6.45) is 0. The number of nitrogens with one attached hydrogen (secondary N) is 2. The van der Waals surface area contributed by atoms with Gasteiger partial charge < -0.3 is 15.7 Å². The first-order valence-electron chi connectivity index (χ1n) is 5.59. The number of carboxylic acids is 1. The Morgan fingerprint density at radius 3 is 2.30 bits per heavy atom. The topological polar surface area (TPSA) is 139 Å². The maximum atomic E-state index is 11.4. The van der Waals surface area contributed by atoms with E-state index in [0.717, 1.165) is 0 Å². The average molecular weight is 301 g/mol. The molecule has 0 aliphatic rings. The molecule has 110 valence electrons. The molecular weight excluding hydrogens is 286 g/mol. The van der Waals surface area contributed by atoms with Crippen LogP contribution in [0.4, 0.5) is 4.79 Å². The Morgan fingerprint density at radius 2 is 1.85 bits per heavy atom. The van der Waals surface area contributed by atoms with Crippen molar-refractivity contribution in [3.8, 4) is 0 Å². The Balaban J connectivity index is 2.54. The van der Waals surface area contributed by atoms with E-state index < -0.39 is 28.1 Å². The molecule has 0 aromatic heterocycles. The van der Waals surface area contributed by atoms with Gasteiger partial charge in [-0.15, -0.1) is 0 Å². The van der Waals surface area contributed by atoms with Crippen LogP contribution in [-0.4, -0.2) is 31.6 Å². The van der Waals surface area contributed by atoms with Crippen LogP contribution in [0.15, 0.2) is 29.2 Å². The summed E-state index contributed by atoms with van der Waals surface area (Å²) in [5, 5.41) is 18.2. The Bertz CT molecular complexity index is 597. The normalized spacial score (nSPS) is 12.5. The Kier molecular flexibility index (Phi) is 5.06. The van der Waals surface area contributed by atoms with E-state index in [1.165, 1.54) is 31.2 Å². The summed E-state index contributed by atoms with van der Waals surface area (Å²) in [4.78, 5) is 21.9. The second-order valence-corrected chi connectivity index (χ2v) is 5.64. The first-order valence-corrected chi connectivity index (χ1v) is 7.13. The van der Waals surface area contributed by atoms with Crippen molar-refractivity contribution in [3.05, 3.63) is 29.8 Å². The fraction of sp³-hybridized carbons (Fsp3) is 0.273. The van der Waals surface area contributed by atoms with Gasteiger partial charge in [0.1, 0.15) is 6.04 Å². The fourth-order valence-corrected chi connectivity index (χ4v) is 1.80. The number of nitrogens with two attached hydrogens (primary N) is 1. The Hall–Kier alpha value is -2.13. The molecule has 0 saturated carbocycles. The monoisotopic (exact) mass is 301 g/mol. The van der Waals surface area contributed by atoms with Crippen molar-refractivity contribution in [1.82, 2.24) is 10.6 Å². The minimum atomic E-state index is -3.74. The lowest BCUT2D eigenvalue weighted by molar-refractivity contribution is -0.138. The van der Waals surface area contributed by atoms with Crippen molar-refractivity contribution in [3.63, 3.8) is 0 Å². The standard InChI is InChI=1S/C11H15N3O5S/c1-7(10(15)16)14-11(17)13-6-8-2-4-9(5-3-8)20(12,18)19/h2-5,7H,6H2,1H3,(H,15,16)(H2,12,18,19)(H2,13,14,17)/t7-/m1/s1. The van der Waals surface area contributed by atoms with Crippen LogP contribution in [0.5, 0.6) is 0 Å². The third-order valence-corrected chi connectivity index (χ3v) is 3.35. The summed E-state index contributed by atoms with van der Waals surface area (Å²) in [6.45, 7) is 1.46. The number of carbonyl (C=O) groups is 2. The molecule has 0 aliphatic carbocycles. The number of hydrogen-bond donors (Lipinski definition) is 4. The van der Waals surface area contributed by atoms with Crippen molar-refractivity contribution in [2.24, 2.45) is 5.14 Å². The SMILES string of the molecule is C[C@@H](NC(=O)NCc1ccc(S(N)(=O)=O)cc1)C(=O)O. The van der Waals surface area contributed by atoms with Crippen molar-refractivity contribution in [1.29, 1.82) is 0 Å². The summed E-state index contributed by atoms with van der Waals surface area (Å²) < 4.78 is 22.1. The zero-order valence-corrected chi connectivity index (χ0v) is 11.5. The number of sulfonamides is 1. The van der Waals surface area contributed by atoms with Crippen LogP contribution >= 0.6 is 0 Å². The van der Waals surface area contributed by atoms with Crippen LogP contribution in [0.25, 0.3) is 0 Å². The minimum absolute atomic E-state index is 0.0230. The van der Waals surface area contributed by atoms with Crippen LogP contribution in [0.3, 0.4) is 0 Å². The van der Waals surface area contributed by atoms with Crippen molar-refractivity contribution >= 4 is 22.0 Å². The summed E-state index contributed by atoms with van der Waals surface area (Å²) in [6, 6.07) is 4.02. The second-order valence-electron chi connectivity index (χ2n) is 4.08. The third-order valence-electron chi connectivity index (χ3n) is 2.42. The lowest BCUT2D eigenvalue weighted by Gasteiger charge is -2.10. The molecule has 0 saturated heterocycles. The van der Waals surface area contributed by atoms with Crippen LogP contribution in [-0.2, 0) is 21.4 Å². The highest BCUT2D eigenvalue weighted by Gasteiger charge is 2.13. The summed E-state index contributed by atoms with van der Waals surface area (Å²) in [7, 11) is -3.74. The molecule has 1 aromatic rings. The molecule has 9 heteroatoms. The number of carbonyl (C=O) groups excluding carboxylic acids is 1. The molecule has 0 unspecified atom stereocenters. The first kappa shape index (κ1) is 15.9. The lowest BCUT2D eigenvalue weighted by atomic mass is 10.2. The molecule has 20 heavy (non-hydrogen) atoms. The average Bonchev–Trinajstić information content (AvgIpc) is 2.35. The third kappa shape index (κ3) is 4.86. The number of primary sulfonamides is 1. The number of benzene rings is 1. The molecular formula is C11H15N3O5S. The maximum Gasteiger partial charge on any atom is 0.325 e. The lowest BCUT2D eigenvalue weighted by Crippen LogP contribution is -2.44. The smallest absolute Gasteiger partial charge is 0.325 e. The largest absolute Gasteiger partial charge is 0.480 e. The molecule has 0 spiro atoms. The summed E-state index contributed by atoms with van der Waals surface area (Å²) in [5.74, 6) is -1.14. The van der Waals surface area contributed by atoms with E-state index in [1.807, 2.05) is 0 Å². The predicted octanol–water partition coefficient (Wildman–Crippen LogP) is -0.394. The van der Waals surface area contributed by atoms with Gasteiger partial charge in [0, 0.05) is 6.54 Å². The molecule has 5 N–H and O–H groups in total. The molecule has 1 atom stereocenters. The van der Waals surface area contributed by atoms with Gasteiger partial charge in [0.05, 0.1) is 4.90 Å². The molecule has 1 rings (SSSR count). The summed E-state index contributed by atoms with van der Waals surface area (Å²) in [5.41, 5.74) is 0.649.